The van der Waals surface area contributed by atoms with Gasteiger partial charge in [0, 0.05) is 7.05 Å². The van der Waals surface area contributed by atoms with Gasteiger partial charge in [0.2, 0.25) is 0 Å². The van der Waals surface area contributed by atoms with Gasteiger partial charge in [-0.25, -0.2) is 0 Å². The zero-order valence-corrected chi connectivity index (χ0v) is 11.0. The molecule has 0 aromatic heterocycles. The summed E-state index contributed by atoms with van der Waals surface area (Å²) >= 11 is 0. The lowest BCUT2D eigenvalue weighted by atomic mass is 10.1. The minimum Gasteiger partial charge on any atom is -0.495 e. The van der Waals surface area contributed by atoms with Gasteiger partial charge in [-0.3, -0.25) is 0 Å². The van der Waals surface area contributed by atoms with Crippen LogP contribution >= 0.6 is 0 Å². The van der Waals surface area contributed by atoms with E-state index in [2.05, 4.69) is 13.0 Å². The summed E-state index contributed by atoms with van der Waals surface area (Å²) in [5.41, 5.74) is 9.93. The molecular formula is C15H18N2O. The molecule has 2 aromatic rings. The van der Waals surface area contributed by atoms with Crippen LogP contribution < -0.4 is 15.4 Å². The largest absolute Gasteiger partial charge is 0.495 e. The molecule has 2 aromatic carbocycles. The topological polar surface area (TPSA) is 38.5 Å². The molecule has 0 bridgehead atoms. The van der Waals surface area contributed by atoms with E-state index in [4.69, 9.17) is 10.5 Å². The number of anilines is 3. The fraction of sp³-hybridized carbons (Fsp3) is 0.200. The summed E-state index contributed by atoms with van der Waals surface area (Å²) in [6.07, 6.45) is 0. The molecule has 94 valence electrons. The van der Waals surface area contributed by atoms with Gasteiger partial charge in [0.1, 0.15) is 5.75 Å². The minimum atomic E-state index is 0.753. The van der Waals surface area contributed by atoms with E-state index in [-0.39, 0.29) is 0 Å². The van der Waals surface area contributed by atoms with Crippen molar-refractivity contribution in [1.29, 1.82) is 0 Å². The summed E-state index contributed by atoms with van der Waals surface area (Å²) < 4.78 is 5.40. The highest BCUT2D eigenvalue weighted by Crippen LogP contribution is 2.35. The highest BCUT2D eigenvalue weighted by molar-refractivity contribution is 5.77. The molecule has 0 saturated heterocycles. The molecule has 0 spiro atoms. The van der Waals surface area contributed by atoms with Crippen LogP contribution in [0.5, 0.6) is 5.75 Å². The first-order chi connectivity index (χ1) is 8.63. The first kappa shape index (κ1) is 12.3. The predicted octanol–water partition coefficient (Wildman–Crippen LogP) is 3.35. The summed E-state index contributed by atoms with van der Waals surface area (Å²) in [7, 11) is 3.67. The van der Waals surface area contributed by atoms with Gasteiger partial charge in [-0.2, -0.15) is 0 Å². The van der Waals surface area contributed by atoms with Gasteiger partial charge < -0.3 is 15.4 Å². The molecule has 0 aliphatic rings. The van der Waals surface area contributed by atoms with E-state index in [1.54, 1.807) is 7.11 Å². The number of hydrogen-bond donors (Lipinski definition) is 1. The molecule has 3 nitrogen and oxygen atoms in total. The van der Waals surface area contributed by atoms with E-state index in [0.717, 1.165) is 22.8 Å². The van der Waals surface area contributed by atoms with Gasteiger partial charge >= 0.3 is 0 Å². The lowest BCUT2D eigenvalue weighted by molar-refractivity contribution is 0.415. The molecule has 0 aliphatic heterocycles. The lowest BCUT2D eigenvalue weighted by Gasteiger charge is -2.23. The number of methoxy groups -OCH3 is 1. The Bertz CT molecular complexity index is 552. The SMILES string of the molecule is COc1ccc(C)cc1N(C)c1ccccc1N. The Labute approximate surface area is 108 Å². The molecule has 0 unspecified atom stereocenters. The van der Waals surface area contributed by atoms with Crippen LogP contribution in [0.1, 0.15) is 5.56 Å². The van der Waals surface area contributed by atoms with E-state index < -0.39 is 0 Å². The van der Waals surface area contributed by atoms with Gasteiger partial charge in [-0.1, -0.05) is 18.2 Å². The van der Waals surface area contributed by atoms with Crippen LogP contribution in [0.15, 0.2) is 42.5 Å². The van der Waals surface area contributed by atoms with Gasteiger partial charge in [-0.05, 0) is 36.8 Å². The molecular weight excluding hydrogens is 224 g/mol. The molecule has 0 amide bonds. The molecule has 3 heteroatoms. The number of benzene rings is 2. The molecule has 0 radical (unpaired) electrons. The number of hydrogen-bond acceptors (Lipinski definition) is 3. The quantitative estimate of drug-likeness (QED) is 0.839. The van der Waals surface area contributed by atoms with Crippen molar-refractivity contribution < 1.29 is 4.74 Å². The maximum Gasteiger partial charge on any atom is 0.142 e. The van der Waals surface area contributed by atoms with Gasteiger partial charge in [0.05, 0.1) is 24.2 Å². The van der Waals surface area contributed by atoms with Crippen LogP contribution in [-0.2, 0) is 0 Å². The van der Waals surface area contributed by atoms with Crippen molar-refractivity contribution >= 4 is 17.1 Å². The Morgan fingerprint density at radius 3 is 2.44 bits per heavy atom. The standard InChI is InChI=1S/C15H18N2O/c1-11-8-9-15(18-3)14(10-11)17(2)13-7-5-4-6-12(13)16/h4-10H,16H2,1-3H3. The van der Waals surface area contributed by atoms with Crippen molar-refractivity contribution in [2.75, 3.05) is 24.8 Å². The number of ether oxygens (including phenoxy) is 1. The van der Waals surface area contributed by atoms with E-state index >= 15 is 0 Å². The van der Waals surface area contributed by atoms with Gasteiger partial charge in [-0.15, -0.1) is 0 Å². The summed E-state index contributed by atoms with van der Waals surface area (Å²) in [5.74, 6) is 0.839. The Morgan fingerprint density at radius 1 is 1.06 bits per heavy atom. The molecule has 0 heterocycles. The number of nitrogens with two attached hydrogens (primary N) is 1. The number of aryl methyl sites for hydroxylation is 1. The summed E-state index contributed by atoms with van der Waals surface area (Å²) in [6, 6.07) is 13.9. The zero-order valence-electron chi connectivity index (χ0n) is 11.0. The van der Waals surface area contributed by atoms with Crippen LogP contribution in [0.4, 0.5) is 17.1 Å². The average molecular weight is 242 g/mol. The number of nitrogens with zero attached hydrogens (tertiary/aromatic N) is 1. The molecule has 2 rings (SSSR count). The lowest BCUT2D eigenvalue weighted by Crippen LogP contribution is -2.12. The van der Waals surface area contributed by atoms with E-state index in [1.165, 1.54) is 5.56 Å². The van der Waals surface area contributed by atoms with Crippen molar-refractivity contribution in [1.82, 2.24) is 0 Å². The zero-order chi connectivity index (χ0) is 13.1. The maximum absolute atomic E-state index is 6.01. The number of rotatable bonds is 3. The van der Waals surface area contributed by atoms with Crippen molar-refractivity contribution in [2.45, 2.75) is 6.92 Å². The molecule has 0 saturated carbocycles. The Balaban J connectivity index is 2.48. The summed E-state index contributed by atoms with van der Waals surface area (Å²) in [6.45, 7) is 2.06. The Morgan fingerprint density at radius 2 is 1.78 bits per heavy atom. The Hall–Kier alpha value is -2.16. The second kappa shape index (κ2) is 5.00. The number of para-hydroxylation sites is 2. The van der Waals surface area contributed by atoms with Crippen molar-refractivity contribution in [3.8, 4) is 5.75 Å². The monoisotopic (exact) mass is 242 g/mol. The molecule has 0 aliphatic carbocycles. The third-order valence-corrected chi connectivity index (χ3v) is 2.99. The fourth-order valence-electron chi connectivity index (χ4n) is 1.98. The average Bonchev–Trinajstić information content (AvgIpc) is 2.38. The highest BCUT2D eigenvalue weighted by atomic mass is 16.5. The fourth-order valence-corrected chi connectivity index (χ4v) is 1.98. The van der Waals surface area contributed by atoms with Crippen LogP contribution in [0, 0.1) is 6.92 Å². The minimum absolute atomic E-state index is 0.753. The van der Waals surface area contributed by atoms with Crippen LogP contribution in [-0.4, -0.2) is 14.2 Å². The van der Waals surface area contributed by atoms with Gasteiger partial charge in [0.25, 0.3) is 0 Å². The van der Waals surface area contributed by atoms with Crippen molar-refractivity contribution in [3.63, 3.8) is 0 Å². The summed E-state index contributed by atoms with van der Waals surface area (Å²) in [4.78, 5) is 2.04. The number of nitrogen functional groups attached to an aromatic ring is 1. The smallest absolute Gasteiger partial charge is 0.142 e. The predicted molar refractivity (Wildman–Crippen MR) is 76.6 cm³/mol. The first-order valence-electron chi connectivity index (χ1n) is 5.86. The van der Waals surface area contributed by atoms with E-state index in [9.17, 15) is 0 Å². The van der Waals surface area contributed by atoms with Crippen LogP contribution in [0.2, 0.25) is 0 Å². The molecule has 2 N–H and O–H groups in total. The molecule has 0 fully saturated rings. The highest BCUT2D eigenvalue weighted by Gasteiger charge is 2.12. The van der Waals surface area contributed by atoms with E-state index in [1.807, 2.05) is 48.3 Å². The van der Waals surface area contributed by atoms with Gasteiger partial charge in [0.15, 0.2) is 0 Å². The third-order valence-electron chi connectivity index (χ3n) is 2.99. The van der Waals surface area contributed by atoms with Crippen molar-refractivity contribution in [2.24, 2.45) is 0 Å². The second-order valence-corrected chi connectivity index (χ2v) is 4.29. The third kappa shape index (κ3) is 2.25. The maximum atomic E-state index is 6.01. The van der Waals surface area contributed by atoms with Crippen LogP contribution in [0.25, 0.3) is 0 Å². The first-order valence-corrected chi connectivity index (χ1v) is 5.86. The van der Waals surface area contributed by atoms with E-state index in [0.29, 0.717) is 0 Å². The molecule has 18 heavy (non-hydrogen) atoms. The van der Waals surface area contributed by atoms with Crippen molar-refractivity contribution in [3.05, 3.63) is 48.0 Å². The molecule has 0 atom stereocenters. The van der Waals surface area contributed by atoms with Crippen LogP contribution in [0.3, 0.4) is 0 Å². The normalized spacial score (nSPS) is 10.2. The Kier molecular flexibility index (Phi) is 3.42. The summed E-state index contributed by atoms with van der Waals surface area (Å²) in [5, 5.41) is 0. The second-order valence-electron chi connectivity index (χ2n) is 4.29.